The van der Waals surface area contributed by atoms with Crippen molar-refractivity contribution in [3.05, 3.63) is 126 Å². The predicted octanol–water partition coefficient (Wildman–Crippen LogP) is 7.08. The summed E-state index contributed by atoms with van der Waals surface area (Å²) < 4.78 is 44.5. The van der Waals surface area contributed by atoms with Gasteiger partial charge in [-0.05, 0) is 78.7 Å². The molecule has 0 bridgehead atoms. The number of fused-ring (bicyclic) bond motifs is 1. The molecule has 0 aliphatic rings. The van der Waals surface area contributed by atoms with Crippen molar-refractivity contribution in [3.8, 4) is 11.1 Å². The van der Waals surface area contributed by atoms with Crippen molar-refractivity contribution in [1.29, 1.82) is 0 Å². The quantitative estimate of drug-likeness (QED) is 0.193. The van der Waals surface area contributed by atoms with Crippen molar-refractivity contribution < 1.29 is 27.5 Å². The molecule has 7 nitrogen and oxygen atoms in total. The number of pyridine rings is 2. The van der Waals surface area contributed by atoms with E-state index in [1.54, 1.807) is 66.9 Å². The number of nitrogens with one attached hydrogen (secondary N) is 2. The Labute approximate surface area is 245 Å². The lowest BCUT2D eigenvalue weighted by Crippen LogP contribution is -2.32. The highest BCUT2D eigenvalue weighted by Gasteiger charge is 2.30. The second-order valence-electron chi connectivity index (χ2n) is 9.62. The fraction of sp³-hybridized carbons (Fsp3) is 0.152. The molecule has 0 saturated carbocycles. The zero-order valence-electron chi connectivity index (χ0n) is 23.1. The maximum Gasteiger partial charge on any atom is 0.416 e. The third kappa shape index (κ3) is 7.04. The number of anilines is 1. The predicted molar refractivity (Wildman–Crippen MR) is 158 cm³/mol. The van der Waals surface area contributed by atoms with E-state index in [4.69, 9.17) is 4.74 Å². The average Bonchev–Trinajstić information content (AvgIpc) is 3.02. The second kappa shape index (κ2) is 12.8. The lowest BCUT2D eigenvalue weighted by Gasteiger charge is -2.18. The van der Waals surface area contributed by atoms with Gasteiger partial charge in [0.15, 0.2) is 0 Å². The molecule has 5 rings (SSSR count). The van der Waals surface area contributed by atoms with Crippen LogP contribution in [0.4, 0.5) is 19.0 Å². The number of benzene rings is 3. The molecule has 0 fully saturated rings. The summed E-state index contributed by atoms with van der Waals surface area (Å²) in [5.41, 5.74) is 2.14. The maximum absolute atomic E-state index is 13.2. The average molecular weight is 585 g/mol. The van der Waals surface area contributed by atoms with Crippen molar-refractivity contribution in [2.75, 3.05) is 18.5 Å². The summed E-state index contributed by atoms with van der Waals surface area (Å²) in [6.07, 6.45) is -2.79. The number of rotatable bonds is 9. The molecule has 2 aromatic heterocycles. The van der Waals surface area contributed by atoms with Crippen LogP contribution < -0.4 is 10.6 Å². The van der Waals surface area contributed by atoms with Crippen LogP contribution in [0.2, 0.25) is 0 Å². The highest BCUT2D eigenvalue weighted by Crippen LogP contribution is 2.32. The monoisotopic (exact) mass is 584 g/mol. The number of hydrogen-bond acceptors (Lipinski definition) is 5. The van der Waals surface area contributed by atoms with E-state index >= 15 is 0 Å². The van der Waals surface area contributed by atoms with Gasteiger partial charge in [0.1, 0.15) is 5.82 Å². The lowest BCUT2D eigenvalue weighted by molar-refractivity contribution is -0.137. The van der Waals surface area contributed by atoms with Gasteiger partial charge in [0.25, 0.3) is 11.8 Å². The molecule has 0 aliphatic carbocycles. The van der Waals surface area contributed by atoms with Gasteiger partial charge >= 0.3 is 6.18 Å². The van der Waals surface area contributed by atoms with Crippen molar-refractivity contribution in [3.63, 3.8) is 0 Å². The second-order valence-corrected chi connectivity index (χ2v) is 9.62. The molecule has 10 heteroatoms. The zero-order valence-corrected chi connectivity index (χ0v) is 23.1. The normalized spacial score (nSPS) is 12.1. The summed E-state index contributed by atoms with van der Waals surface area (Å²) in [4.78, 5) is 35.2. The minimum Gasteiger partial charge on any atom is -0.379 e. The largest absolute Gasteiger partial charge is 0.416 e. The number of nitrogens with zero attached hydrogens (tertiary/aromatic N) is 2. The van der Waals surface area contributed by atoms with Crippen LogP contribution in [0.1, 0.15) is 44.9 Å². The van der Waals surface area contributed by atoms with Gasteiger partial charge in [-0.25, -0.2) is 4.98 Å². The van der Waals surface area contributed by atoms with E-state index in [-0.39, 0.29) is 23.9 Å². The van der Waals surface area contributed by atoms with Crippen LogP contribution in [0.25, 0.3) is 22.0 Å². The Hall–Kier alpha value is -5.09. The van der Waals surface area contributed by atoms with Gasteiger partial charge in [-0.2, -0.15) is 13.2 Å². The van der Waals surface area contributed by atoms with Crippen molar-refractivity contribution in [2.45, 2.75) is 19.1 Å². The van der Waals surface area contributed by atoms with Crippen LogP contribution >= 0.6 is 0 Å². The van der Waals surface area contributed by atoms with Gasteiger partial charge in [0.2, 0.25) is 0 Å². The number of halogens is 3. The zero-order chi connectivity index (χ0) is 30.4. The molecule has 5 aromatic rings. The Morgan fingerprint density at radius 1 is 0.884 bits per heavy atom. The van der Waals surface area contributed by atoms with Crippen LogP contribution in [0, 0.1) is 0 Å². The lowest BCUT2D eigenvalue weighted by atomic mass is 9.98. The highest BCUT2D eigenvalue weighted by molar-refractivity contribution is 6.08. The topological polar surface area (TPSA) is 93.2 Å². The van der Waals surface area contributed by atoms with E-state index in [1.165, 1.54) is 12.1 Å². The third-order valence-electron chi connectivity index (χ3n) is 6.73. The summed E-state index contributed by atoms with van der Waals surface area (Å²) >= 11 is 0. The van der Waals surface area contributed by atoms with Gasteiger partial charge in [-0.1, -0.05) is 36.4 Å². The molecule has 0 unspecified atom stereocenters. The smallest absolute Gasteiger partial charge is 0.379 e. The maximum atomic E-state index is 13.2. The number of alkyl halides is 3. The van der Waals surface area contributed by atoms with Gasteiger partial charge in [-0.15, -0.1) is 0 Å². The van der Waals surface area contributed by atoms with Crippen LogP contribution in [0.15, 0.2) is 103 Å². The summed E-state index contributed by atoms with van der Waals surface area (Å²) in [7, 11) is 0. The molecule has 2 heterocycles. The fourth-order valence-electron chi connectivity index (χ4n) is 4.55. The van der Waals surface area contributed by atoms with Gasteiger partial charge in [0.05, 0.1) is 29.4 Å². The number of carbonyl (C=O) groups excluding carboxylic acids is 2. The highest BCUT2D eigenvalue weighted by atomic mass is 19.4. The van der Waals surface area contributed by atoms with Gasteiger partial charge in [-0.3, -0.25) is 14.6 Å². The molecule has 1 atom stereocenters. The van der Waals surface area contributed by atoms with Crippen LogP contribution in [0.5, 0.6) is 0 Å². The number of amides is 2. The first-order valence-electron chi connectivity index (χ1n) is 13.5. The minimum absolute atomic E-state index is 0.277. The number of hydrogen-bond donors (Lipinski definition) is 2. The first-order chi connectivity index (χ1) is 20.7. The van der Waals surface area contributed by atoms with Crippen molar-refractivity contribution in [1.82, 2.24) is 15.3 Å². The van der Waals surface area contributed by atoms with Gasteiger partial charge < -0.3 is 15.4 Å². The third-order valence-corrected chi connectivity index (χ3v) is 6.73. The molecule has 43 heavy (non-hydrogen) atoms. The molecule has 0 saturated heterocycles. The molecular formula is C33H27F3N4O3. The summed E-state index contributed by atoms with van der Waals surface area (Å²) in [6, 6.07) is 24.8. The minimum atomic E-state index is -4.45. The fourth-order valence-corrected chi connectivity index (χ4v) is 4.55. The van der Waals surface area contributed by atoms with Crippen molar-refractivity contribution in [2.24, 2.45) is 0 Å². The Kier molecular flexibility index (Phi) is 8.77. The molecule has 3 aromatic carbocycles. The Balaban J connectivity index is 1.32. The van der Waals surface area contributed by atoms with E-state index in [1.807, 2.05) is 19.1 Å². The first kappa shape index (κ1) is 29.4. The van der Waals surface area contributed by atoms with E-state index in [2.05, 4.69) is 20.6 Å². The number of carbonyl (C=O) groups is 2. The Morgan fingerprint density at radius 2 is 1.65 bits per heavy atom. The molecule has 0 radical (unpaired) electrons. The van der Waals surface area contributed by atoms with E-state index < -0.39 is 23.7 Å². The van der Waals surface area contributed by atoms with Crippen LogP contribution in [-0.4, -0.2) is 35.0 Å². The van der Waals surface area contributed by atoms with Crippen molar-refractivity contribution >= 4 is 28.5 Å². The molecule has 0 aliphatic heterocycles. The Bertz CT molecular complexity index is 1740. The summed E-state index contributed by atoms with van der Waals surface area (Å²) in [5, 5.41) is 6.43. The summed E-state index contributed by atoms with van der Waals surface area (Å²) in [5.74, 6) is -0.480. The number of aromatic nitrogens is 2. The molecule has 2 amide bonds. The standard InChI is InChI=1S/C33H27F3N4O3/c1-2-43-20-29(28-9-5-6-18-37-28)39-31(41)23-12-16-27-22(19-23)13-17-30(38-27)40-32(42)26-8-4-3-7-25(26)21-10-14-24(15-11-21)33(34,35)36/h3-19,29H,2,20H2,1H3,(H,39,41)(H,38,40,42)/t29-/m1/s1. The van der Waals surface area contributed by atoms with E-state index in [0.29, 0.717) is 39.9 Å². The first-order valence-corrected chi connectivity index (χ1v) is 13.5. The Morgan fingerprint density at radius 3 is 2.37 bits per heavy atom. The van der Waals surface area contributed by atoms with E-state index in [0.717, 1.165) is 12.1 Å². The van der Waals surface area contributed by atoms with Crippen LogP contribution in [0.3, 0.4) is 0 Å². The van der Waals surface area contributed by atoms with Crippen LogP contribution in [-0.2, 0) is 10.9 Å². The SMILES string of the molecule is CCOC[C@@H](NC(=O)c1ccc2nc(NC(=O)c3ccccc3-c3ccc(C(F)(F)F)cc3)ccc2c1)c1ccccn1. The molecule has 2 N–H and O–H groups in total. The van der Waals surface area contributed by atoms with E-state index in [9.17, 15) is 22.8 Å². The number of ether oxygens (including phenoxy) is 1. The molecule has 0 spiro atoms. The molecular weight excluding hydrogens is 557 g/mol. The summed E-state index contributed by atoms with van der Waals surface area (Å²) in [6.45, 7) is 2.65. The molecule has 218 valence electrons. The van der Waals surface area contributed by atoms with Gasteiger partial charge in [0, 0.05) is 29.3 Å².